The Labute approximate surface area is 121 Å². The number of carbonyl (C=O) groups excluding carboxylic acids is 2. The van der Waals surface area contributed by atoms with E-state index in [0.29, 0.717) is 13.0 Å². The van der Waals surface area contributed by atoms with Gasteiger partial charge in [0.1, 0.15) is 0 Å². The molecular weight excluding hydrogens is 272 g/mol. The highest BCUT2D eigenvalue weighted by molar-refractivity contribution is 5.81. The van der Waals surface area contributed by atoms with Gasteiger partial charge in [-0.2, -0.15) is 5.10 Å². The summed E-state index contributed by atoms with van der Waals surface area (Å²) in [5, 5.41) is 4.20. The molecule has 1 fully saturated rings. The van der Waals surface area contributed by atoms with Crippen molar-refractivity contribution in [2.75, 3.05) is 6.61 Å². The first-order chi connectivity index (χ1) is 10.2. The number of carbonyl (C=O) groups is 2. The molecule has 0 N–H and O–H groups in total. The largest absolute Gasteiger partial charge is 0.463 e. The Morgan fingerprint density at radius 3 is 2.90 bits per heavy atom. The number of hydrogen-bond acceptors (Lipinski definition) is 5. The summed E-state index contributed by atoms with van der Waals surface area (Å²) in [6.45, 7) is 0.308. The normalized spacial score (nSPS) is 17.5. The molecule has 1 aliphatic heterocycles. The number of nitrogens with zero attached hydrogens (tertiary/aromatic N) is 2. The molecule has 1 aliphatic rings. The lowest BCUT2D eigenvalue weighted by atomic mass is 10.2. The van der Waals surface area contributed by atoms with Crippen LogP contribution in [-0.4, -0.2) is 34.4 Å². The minimum atomic E-state index is -0.762. The number of aromatic nitrogens is 2. The van der Waals surface area contributed by atoms with Crippen LogP contribution in [0.1, 0.15) is 12.0 Å². The second kappa shape index (κ2) is 5.78. The fourth-order valence-corrected chi connectivity index (χ4v) is 2.12. The topological polar surface area (TPSA) is 70.4 Å². The van der Waals surface area contributed by atoms with E-state index in [1.807, 2.05) is 30.3 Å². The Morgan fingerprint density at radius 2 is 2.19 bits per heavy atom. The molecule has 0 aliphatic carbocycles. The second-order valence-corrected chi connectivity index (χ2v) is 4.74. The van der Waals surface area contributed by atoms with Gasteiger partial charge >= 0.3 is 11.9 Å². The maximum Gasteiger partial charge on any atom is 0.347 e. The van der Waals surface area contributed by atoms with Crippen LogP contribution in [-0.2, 0) is 25.5 Å². The highest BCUT2D eigenvalue weighted by atomic mass is 16.6. The van der Waals surface area contributed by atoms with E-state index in [4.69, 9.17) is 9.47 Å². The minimum Gasteiger partial charge on any atom is -0.463 e. The third kappa shape index (κ3) is 3.10. The third-order valence-electron chi connectivity index (χ3n) is 3.17. The summed E-state index contributed by atoms with van der Waals surface area (Å²) in [7, 11) is 0. The van der Waals surface area contributed by atoms with Gasteiger partial charge in [-0.3, -0.25) is 4.79 Å². The molecule has 6 heteroatoms. The molecule has 21 heavy (non-hydrogen) atoms. The predicted molar refractivity (Wildman–Crippen MR) is 72.7 cm³/mol. The molecule has 0 unspecified atom stereocenters. The third-order valence-corrected chi connectivity index (χ3v) is 3.17. The molecule has 3 rings (SSSR count). The van der Waals surface area contributed by atoms with Gasteiger partial charge in [0.2, 0.25) is 6.10 Å². The molecule has 1 aromatic carbocycles. The van der Waals surface area contributed by atoms with E-state index in [1.54, 1.807) is 17.1 Å². The lowest BCUT2D eigenvalue weighted by Crippen LogP contribution is -2.23. The molecule has 0 amide bonds. The van der Waals surface area contributed by atoms with E-state index in [1.165, 1.54) is 0 Å². The van der Waals surface area contributed by atoms with Gasteiger partial charge in [-0.1, -0.05) is 18.2 Å². The lowest BCUT2D eigenvalue weighted by molar-refractivity contribution is -0.159. The first-order valence-corrected chi connectivity index (χ1v) is 6.67. The summed E-state index contributed by atoms with van der Waals surface area (Å²) in [4.78, 5) is 23.0. The smallest absolute Gasteiger partial charge is 0.347 e. The van der Waals surface area contributed by atoms with Crippen molar-refractivity contribution in [1.82, 2.24) is 9.78 Å². The van der Waals surface area contributed by atoms with Crippen LogP contribution in [0, 0.1) is 0 Å². The number of rotatable bonds is 4. The SMILES string of the molecule is O=C(Cc1cnn(-c2ccccc2)c1)O[C@H]1CCOC1=O. The summed E-state index contributed by atoms with van der Waals surface area (Å²) < 4.78 is 11.5. The first kappa shape index (κ1) is 13.4. The number of benzene rings is 1. The van der Waals surface area contributed by atoms with Crippen molar-refractivity contribution in [2.45, 2.75) is 18.9 Å². The molecule has 108 valence electrons. The summed E-state index contributed by atoms with van der Waals surface area (Å²) in [5.74, 6) is -0.921. The van der Waals surface area contributed by atoms with Crippen LogP contribution in [0.3, 0.4) is 0 Å². The first-order valence-electron chi connectivity index (χ1n) is 6.67. The summed E-state index contributed by atoms with van der Waals surface area (Å²) in [6.07, 6.45) is 3.12. The molecule has 6 nitrogen and oxygen atoms in total. The van der Waals surface area contributed by atoms with Gasteiger partial charge in [-0.05, 0) is 12.1 Å². The summed E-state index contributed by atoms with van der Waals surface area (Å²) in [5.41, 5.74) is 1.65. The maximum absolute atomic E-state index is 11.8. The van der Waals surface area contributed by atoms with Crippen molar-refractivity contribution in [3.63, 3.8) is 0 Å². The highest BCUT2D eigenvalue weighted by Crippen LogP contribution is 2.13. The number of esters is 2. The Kier molecular flexibility index (Phi) is 3.68. The molecule has 2 heterocycles. The molecule has 1 aromatic heterocycles. The van der Waals surface area contributed by atoms with Gasteiger partial charge in [0.15, 0.2) is 0 Å². The fraction of sp³-hybridized carbons (Fsp3) is 0.267. The van der Waals surface area contributed by atoms with Gasteiger partial charge in [-0.25, -0.2) is 9.48 Å². The van der Waals surface area contributed by atoms with Crippen molar-refractivity contribution < 1.29 is 19.1 Å². The van der Waals surface area contributed by atoms with E-state index in [0.717, 1.165) is 11.3 Å². The van der Waals surface area contributed by atoms with Crippen molar-refractivity contribution in [2.24, 2.45) is 0 Å². The lowest BCUT2D eigenvalue weighted by Gasteiger charge is -2.07. The van der Waals surface area contributed by atoms with E-state index in [9.17, 15) is 9.59 Å². The number of para-hydroxylation sites is 1. The Morgan fingerprint density at radius 1 is 1.38 bits per heavy atom. The van der Waals surface area contributed by atoms with Crippen LogP contribution < -0.4 is 0 Å². The molecule has 1 saturated heterocycles. The van der Waals surface area contributed by atoms with Crippen LogP contribution in [0.4, 0.5) is 0 Å². The van der Waals surface area contributed by atoms with Crippen molar-refractivity contribution in [3.8, 4) is 5.69 Å². The summed E-state index contributed by atoms with van der Waals surface area (Å²) >= 11 is 0. The van der Waals surface area contributed by atoms with E-state index in [-0.39, 0.29) is 6.42 Å². The monoisotopic (exact) mass is 286 g/mol. The minimum absolute atomic E-state index is 0.0800. The molecule has 1 atom stereocenters. The zero-order valence-corrected chi connectivity index (χ0v) is 11.3. The molecule has 0 radical (unpaired) electrons. The van der Waals surface area contributed by atoms with Gasteiger partial charge in [-0.15, -0.1) is 0 Å². The Bertz CT molecular complexity index is 651. The number of cyclic esters (lactones) is 1. The molecule has 0 bridgehead atoms. The van der Waals surface area contributed by atoms with Gasteiger partial charge in [0.25, 0.3) is 0 Å². The van der Waals surface area contributed by atoms with E-state index < -0.39 is 18.0 Å². The molecule has 2 aromatic rings. The van der Waals surface area contributed by atoms with Crippen LogP contribution in [0.5, 0.6) is 0 Å². The van der Waals surface area contributed by atoms with Crippen LogP contribution in [0.2, 0.25) is 0 Å². The molecular formula is C15H14N2O4. The van der Waals surface area contributed by atoms with Gasteiger partial charge in [0.05, 0.1) is 24.9 Å². The molecule has 0 saturated carbocycles. The standard InChI is InChI=1S/C15H14N2O4/c18-14(21-13-6-7-20-15(13)19)8-11-9-16-17(10-11)12-4-2-1-3-5-12/h1-5,9-10,13H,6-8H2/t13-/m0/s1. The highest BCUT2D eigenvalue weighted by Gasteiger charge is 2.30. The van der Waals surface area contributed by atoms with Gasteiger partial charge < -0.3 is 9.47 Å². The number of ether oxygens (including phenoxy) is 2. The average Bonchev–Trinajstić information content (AvgIpc) is 3.10. The van der Waals surface area contributed by atoms with Crippen molar-refractivity contribution in [3.05, 3.63) is 48.3 Å². The van der Waals surface area contributed by atoms with Crippen molar-refractivity contribution >= 4 is 11.9 Å². The maximum atomic E-state index is 11.8. The van der Waals surface area contributed by atoms with E-state index >= 15 is 0 Å². The second-order valence-electron chi connectivity index (χ2n) is 4.74. The van der Waals surface area contributed by atoms with Crippen LogP contribution in [0.15, 0.2) is 42.7 Å². The summed E-state index contributed by atoms with van der Waals surface area (Å²) in [6, 6.07) is 9.59. The fourth-order valence-electron chi connectivity index (χ4n) is 2.12. The van der Waals surface area contributed by atoms with Crippen LogP contribution >= 0.6 is 0 Å². The predicted octanol–water partition coefficient (Wildman–Crippen LogP) is 1.27. The molecule has 0 spiro atoms. The average molecular weight is 286 g/mol. The Balaban J connectivity index is 1.62. The van der Waals surface area contributed by atoms with Crippen LogP contribution in [0.25, 0.3) is 5.69 Å². The number of hydrogen-bond donors (Lipinski definition) is 0. The van der Waals surface area contributed by atoms with E-state index in [2.05, 4.69) is 5.10 Å². The zero-order valence-electron chi connectivity index (χ0n) is 11.3. The zero-order chi connectivity index (χ0) is 14.7. The Hall–Kier alpha value is -2.63. The van der Waals surface area contributed by atoms with Gasteiger partial charge in [0, 0.05) is 18.2 Å². The quantitative estimate of drug-likeness (QED) is 0.792. The van der Waals surface area contributed by atoms with Crippen molar-refractivity contribution in [1.29, 1.82) is 0 Å².